The number of nitrogens with zero attached hydrogens (tertiary/aromatic N) is 4. The van der Waals surface area contributed by atoms with Crippen molar-refractivity contribution in [2.75, 3.05) is 0 Å². The van der Waals surface area contributed by atoms with Crippen molar-refractivity contribution in [2.45, 2.75) is 44.6 Å². The summed E-state index contributed by atoms with van der Waals surface area (Å²) in [7, 11) is 0. The van der Waals surface area contributed by atoms with Gasteiger partial charge in [0.1, 0.15) is 16.4 Å². The van der Waals surface area contributed by atoms with Crippen LogP contribution in [0.15, 0.2) is 39.4 Å². The molecule has 0 fully saturated rings. The normalized spacial score (nSPS) is 12.6. The van der Waals surface area contributed by atoms with Crippen molar-refractivity contribution in [1.82, 2.24) is 24.7 Å². The first-order chi connectivity index (χ1) is 13.9. The number of fused-ring (bicyclic) bond motifs is 1. The van der Waals surface area contributed by atoms with Crippen LogP contribution in [0.2, 0.25) is 0 Å². The Kier molecular flexibility index (Phi) is 5.18. The zero-order valence-corrected chi connectivity index (χ0v) is 18.3. The first-order valence-electron chi connectivity index (χ1n) is 9.15. The molecule has 0 saturated carbocycles. The lowest BCUT2D eigenvalue weighted by molar-refractivity contribution is 0.534. The number of aromatic amines is 1. The SMILES string of the molecule is C=CCn1c(SC(C)c2nc3sc(C)c(C)c3c(=O)[nH]2)nnc1-c1ccoc1C. The summed E-state index contributed by atoms with van der Waals surface area (Å²) in [4.78, 5) is 22.1. The topological polar surface area (TPSA) is 89.6 Å². The fraction of sp³-hybridized carbons (Fsp3) is 0.300. The molecule has 0 saturated heterocycles. The summed E-state index contributed by atoms with van der Waals surface area (Å²) < 4.78 is 7.40. The molecule has 7 nitrogen and oxygen atoms in total. The average molecular weight is 428 g/mol. The van der Waals surface area contributed by atoms with E-state index in [2.05, 4.69) is 21.8 Å². The molecule has 1 unspecified atom stereocenters. The van der Waals surface area contributed by atoms with Gasteiger partial charge < -0.3 is 9.40 Å². The van der Waals surface area contributed by atoms with Crippen molar-refractivity contribution in [1.29, 1.82) is 0 Å². The Balaban J connectivity index is 1.70. The van der Waals surface area contributed by atoms with Crippen molar-refractivity contribution >= 4 is 33.3 Å². The van der Waals surface area contributed by atoms with E-state index in [9.17, 15) is 4.79 Å². The third-order valence-corrected chi connectivity index (χ3v) is 7.04. The summed E-state index contributed by atoms with van der Waals surface area (Å²) in [5.41, 5.74) is 1.80. The minimum atomic E-state index is -0.110. The third-order valence-electron chi connectivity index (χ3n) is 4.85. The Morgan fingerprint density at radius 3 is 2.86 bits per heavy atom. The van der Waals surface area contributed by atoms with Gasteiger partial charge in [-0.2, -0.15) is 0 Å². The summed E-state index contributed by atoms with van der Waals surface area (Å²) in [6.07, 6.45) is 3.45. The maximum atomic E-state index is 12.6. The maximum absolute atomic E-state index is 12.6. The van der Waals surface area contributed by atoms with E-state index in [1.807, 2.05) is 38.3 Å². The van der Waals surface area contributed by atoms with Gasteiger partial charge in [-0.3, -0.25) is 9.36 Å². The molecule has 0 aromatic carbocycles. The highest BCUT2D eigenvalue weighted by Crippen LogP contribution is 2.35. The molecule has 0 bridgehead atoms. The molecular formula is C20H21N5O2S2. The molecule has 4 aromatic rings. The van der Waals surface area contributed by atoms with Crippen LogP contribution in [0.1, 0.15) is 34.2 Å². The fourth-order valence-electron chi connectivity index (χ4n) is 3.16. The van der Waals surface area contributed by atoms with Gasteiger partial charge in [-0.25, -0.2) is 4.98 Å². The number of rotatable bonds is 6. The number of nitrogens with one attached hydrogen (secondary N) is 1. The van der Waals surface area contributed by atoms with Crippen molar-refractivity contribution in [3.63, 3.8) is 0 Å². The minimum Gasteiger partial charge on any atom is -0.469 e. The van der Waals surface area contributed by atoms with E-state index in [1.165, 1.54) is 11.8 Å². The molecule has 1 atom stereocenters. The summed E-state index contributed by atoms with van der Waals surface area (Å²) in [6, 6.07) is 1.88. The molecule has 1 N–H and O–H groups in total. The van der Waals surface area contributed by atoms with Crippen LogP contribution in [0.3, 0.4) is 0 Å². The summed E-state index contributed by atoms with van der Waals surface area (Å²) >= 11 is 3.05. The van der Waals surface area contributed by atoms with Gasteiger partial charge in [-0.1, -0.05) is 17.8 Å². The molecule has 0 aliphatic rings. The molecule has 4 heterocycles. The largest absolute Gasteiger partial charge is 0.469 e. The highest BCUT2D eigenvalue weighted by Gasteiger charge is 2.21. The van der Waals surface area contributed by atoms with Gasteiger partial charge in [-0.15, -0.1) is 28.1 Å². The fourth-order valence-corrected chi connectivity index (χ4v) is 5.12. The number of thiophene rings is 1. The molecule has 0 radical (unpaired) electrons. The van der Waals surface area contributed by atoms with Crippen molar-refractivity contribution in [3.05, 3.63) is 57.4 Å². The van der Waals surface area contributed by atoms with Gasteiger partial charge in [0.25, 0.3) is 5.56 Å². The lowest BCUT2D eigenvalue weighted by Crippen LogP contribution is -2.13. The number of H-pyrrole nitrogens is 1. The highest BCUT2D eigenvalue weighted by molar-refractivity contribution is 7.99. The predicted molar refractivity (Wildman–Crippen MR) is 117 cm³/mol. The summed E-state index contributed by atoms with van der Waals surface area (Å²) in [6.45, 7) is 12.3. The number of allylic oxidation sites excluding steroid dienone is 1. The molecule has 4 aromatic heterocycles. The smallest absolute Gasteiger partial charge is 0.259 e. The lowest BCUT2D eigenvalue weighted by atomic mass is 10.2. The molecule has 4 rings (SSSR count). The van der Waals surface area contributed by atoms with E-state index < -0.39 is 0 Å². The Morgan fingerprint density at radius 1 is 1.38 bits per heavy atom. The van der Waals surface area contributed by atoms with E-state index in [0.29, 0.717) is 17.8 Å². The second kappa shape index (κ2) is 7.64. The third kappa shape index (κ3) is 3.44. The molecule has 29 heavy (non-hydrogen) atoms. The van der Waals surface area contributed by atoms with Crippen LogP contribution in [0.4, 0.5) is 0 Å². The van der Waals surface area contributed by atoms with E-state index >= 15 is 0 Å². The number of hydrogen-bond donors (Lipinski definition) is 1. The Bertz CT molecular complexity index is 1260. The molecule has 0 spiro atoms. The second-order valence-electron chi connectivity index (χ2n) is 6.77. The number of furan rings is 1. The van der Waals surface area contributed by atoms with Crippen molar-refractivity contribution in [3.8, 4) is 11.4 Å². The summed E-state index contributed by atoms with van der Waals surface area (Å²) in [5, 5.41) is 10.0. The van der Waals surface area contributed by atoms with Gasteiger partial charge in [0, 0.05) is 11.4 Å². The van der Waals surface area contributed by atoms with Gasteiger partial charge >= 0.3 is 0 Å². The van der Waals surface area contributed by atoms with Gasteiger partial charge in [-0.05, 0) is 39.3 Å². The van der Waals surface area contributed by atoms with Crippen molar-refractivity contribution in [2.24, 2.45) is 0 Å². The zero-order chi connectivity index (χ0) is 20.7. The lowest BCUT2D eigenvalue weighted by Gasteiger charge is -2.12. The van der Waals surface area contributed by atoms with Crippen LogP contribution in [0.25, 0.3) is 21.6 Å². The van der Waals surface area contributed by atoms with Crippen LogP contribution in [-0.4, -0.2) is 24.7 Å². The monoisotopic (exact) mass is 427 g/mol. The standard InChI is InChI=1S/C20H21N5O2S2/c1-6-8-25-17(14-7-9-27-11(14)3)23-24-20(25)29-13(5)16-21-18(26)15-10(2)12(4)28-19(15)22-16/h6-7,9,13H,1,8H2,2-5H3,(H,21,22,26). The van der Waals surface area contributed by atoms with E-state index in [4.69, 9.17) is 9.40 Å². The van der Waals surface area contributed by atoms with Gasteiger partial charge in [0.15, 0.2) is 11.0 Å². The van der Waals surface area contributed by atoms with Gasteiger partial charge in [0.2, 0.25) is 0 Å². The molecular weight excluding hydrogens is 406 g/mol. The Hall–Kier alpha value is -2.65. The Morgan fingerprint density at radius 2 is 2.17 bits per heavy atom. The summed E-state index contributed by atoms with van der Waals surface area (Å²) in [5.74, 6) is 2.14. The first kappa shape index (κ1) is 19.7. The quantitative estimate of drug-likeness (QED) is 0.351. The van der Waals surface area contributed by atoms with Crippen LogP contribution in [0.5, 0.6) is 0 Å². The molecule has 0 aliphatic heterocycles. The zero-order valence-electron chi connectivity index (χ0n) is 16.6. The highest BCUT2D eigenvalue weighted by atomic mass is 32.2. The molecule has 0 amide bonds. The number of aromatic nitrogens is 5. The number of aryl methyl sites for hydroxylation is 3. The van der Waals surface area contributed by atoms with E-state index in [0.717, 1.165) is 37.6 Å². The average Bonchev–Trinajstić information content (AvgIpc) is 3.34. The molecule has 150 valence electrons. The number of hydrogen-bond acceptors (Lipinski definition) is 7. The Labute approximate surface area is 175 Å². The molecule has 0 aliphatic carbocycles. The maximum Gasteiger partial charge on any atom is 0.259 e. The van der Waals surface area contributed by atoms with Crippen molar-refractivity contribution < 1.29 is 4.42 Å². The molecule has 9 heteroatoms. The predicted octanol–water partition coefficient (Wildman–Crippen LogP) is 4.80. The first-order valence-corrected chi connectivity index (χ1v) is 10.9. The van der Waals surface area contributed by atoms with E-state index in [1.54, 1.807) is 23.7 Å². The number of thioether (sulfide) groups is 1. The van der Waals surface area contributed by atoms with Crippen LogP contribution >= 0.6 is 23.1 Å². The second-order valence-corrected chi connectivity index (χ2v) is 9.28. The van der Waals surface area contributed by atoms with Crippen LogP contribution in [0, 0.1) is 20.8 Å². The van der Waals surface area contributed by atoms with E-state index in [-0.39, 0.29) is 10.8 Å². The van der Waals surface area contributed by atoms with Crippen LogP contribution < -0.4 is 5.56 Å². The minimum absolute atomic E-state index is 0.0958. The van der Waals surface area contributed by atoms with Crippen LogP contribution in [-0.2, 0) is 6.54 Å². The van der Waals surface area contributed by atoms with Gasteiger partial charge in [0.05, 0.1) is 22.5 Å².